The normalized spacial score (nSPS) is 15.7. The van der Waals surface area contributed by atoms with E-state index in [0.717, 1.165) is 55.5 Å². The van der Waals surface area contributed by atoms with E-state index in [-0.39, 0.29) is 11.9 Å². The second-order valence-electron chi connectivity index (χ2n) is 7.74. The third-order valence-corrected chi connectivity index (χ3v) is 5.44. The summed E-state index contributed by atoms with van der Waals surface area (Å²) in [5.74, 6) is -0.0722. The zero-order chi connectivity index (χ0) is 20.9. The van der Waals surface area contributed by atoms with Gasteiger partial charge >= 0.3 is 0 Å². The van der Waals surface area contributed by atoms with Gasteiger partial charge in [-0.3, -0.25) is 9.69 Å². The fraction of sp³-hybridized carbons (Fsp3) is 0.333. The second-order valence-corrected chi connectivity index (χ2v) is 7.74. The molecule has 6 heteroatoms. The Labute approximate surface area is 177 Å². The van der Waals surface area contributed by atoms with Gasteiger partial charge in [-0.1, -0.05) is 30.3 Å². The van der Waals surface area contributed by atoms with Gasteiger partial charge in [0.05, 0.1) is 30.6 Å². The number of benzene rings is 2. The molecule has 2 aromatic carbocycles. The molecule has 2 heterocycles. The van der Waals surface area contributed by atoms with E-state index in [1.165, 1.54) is 0 Å². The molecule has 1 atom stereocenters. The first-order valence-electron chi connectivity index (χ1n) is 10.4. The summed E-state index contributed by atoms with van der Waals surface area (Å²) < 4.78 is 7.35. The molecule has 0 bridgehead atoms. The molecular formula is C24H28N4O2. The van der Waals surface area contributed by atoms with Gasteiger partial charge in [-0.05, 0) is 49.7 Å². The standard InChI is InChI=1S/C24H28N4O2/c1-18-16-19(2)28(26-18)22-10-8-21(9-11-22)24(29)25-23(20-6-4-3-5-7-20)17-27-12-14-30-15-13-27/h3-11,16,23H,12-15,17H2,1-2H3,(H,25,29). The minimum atomic E-state index is -0.0764. The summed E-state index contributed by atoms with van der Waals surface area (Å²) in [7, 11) is 0. The summed E-state index contributed by atoms with van der Waals surface area (Å²) in [5, 5.41) is 7.74. The lowest BCUT2D eigenvalue weighted by atomic mass is 10.1. The Kier molecular flexibility index (Phi) is 6.26. The van der Waals surface area contributed by atoms with Crippen molar-refractivity contribution in [3.8, 4) is 5.69 Å². The van der Waals surface area contributed by atoms with Gasteiger partial charge in [0.1, 0.15) is 0 Å². The Balaban J connectivity index is 1.49. The average Bonchev–Trinajstić information content (AvgIpc) is 3.12. The van der Waals surface area contributed by atoms with Crippen molar-refractivity contribution >= 4 is 5.91 Å². The number of hydrogen-bond acceptors (Lipinski definition) is 4. The first-order valence-corrected chi connectivity index (χ1v) is 10.4. The van der Waals surface area contributed by atoms with Crippen molar-refractivity contribution in [1.82, 2.24) is 20.0 Å². The number of ether oxygens (including phenoxy) is 1. The Morgan fingerprint density at radius 2 is 1.77 bits per heavy atom. The number of carbonyl (C=O) groups excluding carboxylic acids is 1. The molecule has 1 N–H and O–H groups in total. The van der Waals surface area contributed by atoms with Crippen molar-refractivity contribution in [3.63, 3.8) is 0 Å². The third-order valence-electron chi connectivity index (χ3n) is 5.44. The lowest BCUT2D eigenvalue weighted by Crippen LogP contribution is -2.43. The SMILES string of the molecule is Cc1cc(C)n(-c2ccc(C(=O)NC(CN3CCOCC3)c3ccccc3)cc2)n1. The molecule has 3 aromatic rings. The number of aryl methyl sites for hydroxylation is 2. The summed E-state index contributed by atoms with van der Waals surface area (Å²) in [4.78, 5) is 15.4. The predicted molar refractivity (Wildman–Crippen MR) is 117 cm³/mol. The Hall–Kier alpha value is -2.96. The van der Waals surface area contributed by atoms with Crippen molar-refractivity contribution in [2.45, 2.75) is 19.9 Å². The first-order chi connectivity index (χ1) is 14.6. The average molecular weight is 405 g/mol. The van der Waals surface area contributed by atoms with Crippen LogP contribution in [0.4, 0.5) is 0 Å². The molecule has 1 aliphatic rings. The first kappa shape index (κ1) is 20.3. The number of aromatic nitrogens is 2. The van der Waals surface area contributed by atoms with Gasteiger partial charge in [0.2, 0.25) is 0 Å². The molecule has 30 heavy (non-hydrogen) atoms. The van der Waals surface area contributed by atoms with E-state index >= 15 is 0 Å². The van der Waals surface area contributed by atoms with Crippen LogP contribution in [0.2, 0.25) is 0 Å². The van der Waals surface area contributed by atoms with Crippen LogP contribution in [0.25, 0.3) is 5.69 Å². The Morgan fingerprint density at radius 1 is 1.07 bits per heavy atom. The van der Waals surface area contributed by atoms with Crippen LogP contribution in [0.1, 0.15) is 33.4 Å². The molecule has 0 spiro atoms. The summed E-state index contributed by atoms with van der Waals surface area (Å²) in [6.45, 7) is 8.02. The number of morpholine rings is 1. The second kappa shape index (κ2) is 9.24. The van der Waals surface area contributed by atoms with Crippen LogP contribution in [-0.4, -0.2) is 53.4 Å². The highest BCUT2D eigenvalue weighted by molar-refractivity contribution is 5.94. The van der Waals surface area contributed by atoms with Crippen molar-refractivity contribution in [2.24, 2.45) is 0 Å². The molecule has 1 unspecified atom stereocenters. The monoisotopic (exact) mass is 404 g/mol. The van der Waals surface area contributed by atoms with Gasteiger partial charge in [0.15, 0.2) is 0 Å². The highest BCUT2D eigenvalue weighted by Gasteiger charge is 2.20. The quantitative estimate of drug-likeness (QED) is 0.685. The van der Waals surface area contributed by atoms with Crippen LogP contribution in [0.5, 0.6) is 0 Å². The Morgan fingerprint density at radius 3 is 2.40 bits per heavy atom. The number of rotatable bonds is 6. The van der Waals surface area contributed by atoms with E-state index in [9.17, 15) is 4.79 Å². The zero-order valence-electron chi connectivity index (χ0n) is 17.5. The molecule has 1 aromatic heterocycles. The van der Waals surface area contributed by atoms with E-state index in [1.807, 2.05) is 67.1 Å². The summed E-state index contributed by atoms with van der Waals surface area (Å²) in [6, 6.07) is 19.7. The molecule has 1 fully saturated rings. The van der Waals surface area contributed by atoms with E-state index in [1.54, 1.807) is 0 Å². The highest BCUT2D eigenvalue weighted by Crippen LogP contribution is 2.18. The predicted octanol–water partition coefficient (Wildman–Crippen LogP) is 3.29. The van der Waals surface area contributed by atoms with Gasteiger partial charge in [-0.25, -0.2) is 4.68 Å². The molecule has 0 saturated carbocycles. The lowest BCUT2D eigenvalue weighted by Gasteiger charge is -2.31. The van der Waals surface area contributed by atoms with Crippen LogP contribution in [0.15, 0.2) is 60.7 Å². The van der Waals surface area contributed by atoms with Gasteiger partial charge in [-0.15, -0.1) is 0 Å². The molecule has 1 aliphatic heterocycles. The third kappa shape index (κ3) is 4.78. The maximum Gasteiger partial charge on any atom is 0.251 e. The van der Waals surface area contributed by atoms with Gasteiger partial charge in [0.25, 0.3) is 5.91 Å². The van der Waals surface area contributed by atoms with E-state index in [4.69, 9.17) is 4.74 Å². The molecular weight excluding hydrogens is 376 g/mol. The van der Waals surface area contributed by atoms with Crippen LogP contribution in [-0.2, 0) is 4.74 Å². The fourth-order valence-corrected chi connectivity index (χ4v) is 3.85. The van der Waals surface area contributed by atoms with E-state index in [0.29, 0.717) is 5.56 Å². The molecule has 1 saturated heterocycles. The summed E-state index contributed by atoms with van der Waals surface area (Å²) in [5.41, 5.74) is 4.74. The molecule has 6 nitrogen and oxygen atoms in total. The number of hydrogen-bond donors (Lipinski definition) is 1. The van der Waals surface area contributed by atoms with Crippen LogP contribution < -0.4 is 5.32 Å². The van der Waals surface area contributed by atoms with Crippen LogP contribution >= 0.6 is 0 Å². The molecule has 0 aliphatic carbocycles. The van der Waals surface area contributed by atoms with Crippen LogP contribution in [0, 0.1) is 13.8 Å². The van der Waals surface area contributed by atoms with E-state index in [2.05, 4.69) is 27.4 Å². The molecule has 1 amide bonds. The Bertz CT molecular complexity index is 976. The highest BCUT2D eigenvalue weighted by atomic mass is 16.5. The maximum absolute atomic E-state index is 13.0. The minimum Gasteiger partial charge on any atom is -0.379 e. The number of nitrogens with zero attached hydrogens (tertiary/aromatic N) is 3. The topological polar surface area (TPSA) is 59.4 Å². The largest absolute Gasteiger partial charge is 0.379 e. The molecule has 4 rings (SSSR count). The van der Waals surface area contributed by atoms with E-state index < -0.39 is 0 Å². The molecule has 156 valence electrons. The number of nitrogens with one attached hydrogen (secondary N) is 1. The van der Waals surface area contributed by atoms with Crippen molar-refractivity contribution in [2.75, 3.05) is 32.8 Å². The number of amides is 1. The lowest BCUT2D eigenvalue weighted by molar-refractivity contribution is 0.0332. The minimum absolute atomic E-state index is 0.0722. The maximum atomic E-state index is 13.0. The van der Waals surface area contributed by atoms with Gasteiger partial charge < -0.3 is 10.1 Å². The van der Waals surface area contributed by atoms with Gasteiger partial charge in [0, 0.05) is 30.9 Å². The van der Waals surface area contributed by atoms with Crippen LogP contribution in [0.3, 0.4) is 0 Å². The summed E-state index contributed by atoms with van der Waals surface area (Å²) >= 11 is 0. The smallest absolute Gasteiger partial charge is 0.251 e. The summed E-state index contributed by atoms with van der Waals surface area (Å²) in [6.07, 6.45) is 0. The zero-order valence-corrected chi connectivity index (χ0v) is 17.5. The van der Waals surface area contributed by atoms with Crippen molar-refractivity contribution in [1.29, 1.82) is 0 Å². The number of carbonyl (C=O) groups is 1. The van der Waals surface area contributed by atoms with Crippen molar-refractivity contribution < 1.29 is 9.53 Å². The van der Waals surface area contributed by atoms with Crippen molar-refractivity contribution in [3.05, 3.63) is 83.2 Å². The van der Waals surface area contributed by atoms with Gasteiger partial charge in [-0.2, -0.15) is 5.10 Å². The molecule has 0 radical (unpaired) electrons. The fourth-order valence-electron chi connectivity index (χ4n) is 3.85.